The molecule has 34 heavy (non-hydrogen) atoms. The molecule has 0 amide bonds. The molecule has 0 atom stereocenters. The van der Waals surface area contributed by atoms with Crippen molar-refractivity contribution < 1.29 is 4.74 Å². The lowest BCUT2D eigenvalue weighted by Crippen LogP contribution is -1.94. The van der Waals surface area contributed by atoms with Crippen LogP contribution < -0.4 is 0 Å². The second kappa shape index (κ2) is 57.8. The third-order valence-corrected chi connectivity index (χ3v) is 3.11. The van der Waals surface area contributed by atoms with Crippen LogP contribution in [0.15, 0.2) is 4.99 Å². The van der Waals surface area contributed by atoms with Gasteiger partial charge in [0.1, 0.15) is 0 Å². The fraction of sp³-hybridized carbons (Fsp3) is 0.769. The Hall–Kier alpha value is -1.67. The summed E-state index contributed by atoms with van der Waals surface area (Å²) in [5.74, 6) is 1.09. The van der Waals surface area contributed by atoms with Crippen LogP contribution in [0, 0.1) is 27.0 Å². The van der Waals surface area contributed by atoms with E-state index in [0.29, 0.717) is 24.6 Å². The Morgan fingerprint density at radius 1 is 0.794 bits per heavy atom. The number of ether oxygens (including phenoxy) is 1. The first-order chi connectivity index (χ1) is 14.0. The second-order valence-corrected chi connectivity index (χ2v) is 7.23. The van der Waals surface area contributed by atoms with Crippen LogP contribution in [0.1, 0.15) is 104 Å². The van der Waals surface area contributed by atoms with Gasteiger partial charge in [0, 0.05) is 36.4 Å². The van der Waals surface area contributed by atoms with Crippen LogP contribution >= 0.6 is 11.8 Å². The summed E-state index contributed by atoms with van der Waals surface area (Å²) < 4.78 is 4.71. The number of hydrogen-bond donors (Lipinski definition) is 5. The monoisotopic (exact) mass is 508 g/mol. The van der Waals surface area contributed by atoms with E-state index in [1.807, 2.05) is 20.8 Å². The number of methoxy groups -OCH3 is 1. The molecule has 0 aliphatic rings. The molecule has 5 N–H and O–H groups in total. The van der Waals surface area contributed by atoms with Crippen molar-refractivity contribution in [3.63, 3.8) is 0 Å². The quantitative estimate of drug-likeness (QED) is 0.188. The van der Waals surface area contributed by atoms with Gasteiger partial charge in [-0.3, -0.25) is 4.99 Å². The van der Waals surface area contributed by atoms with Crippen molar-refractivity contribution in [3.8, 4) is 0 Å². The molecule has 0 spiro atoms. The molecule has 0 saturated heterocycles. The van der Waals surface area contributed by atoms with Crippen molar-refractivity contribution in [2.75, 3.05) is 32.3 Å². The average molecular weight is 509 g/mol. The molecule has 0 aromatic heterocycles. The molecule has 0 aliphatic heterocycles. The van der Waals surface area contributed by atoms with Crippen molar-refractivity contribution >= 4 is 47.0 Å². The number of nitrogens with zero attached hydrogens (tertiary/aromatic N) is 1. The Morgan fingerprint density at radius 2 is 1.18 bits per heavy atom. The summed E-state index contributed by atoms with van der Waals surface area (Å²) in [7, 11) is 1.64. The Kier molecular flexibility index (Phi) is 99.1. The molecule has 0 saturated carbocycles. The summed E-state index contributed by atoms with van der Waals surface area (Å²) in [6.07, 6.45) is 8.79. The summed E-state index contributed by atoms with van der Waals surface area (Å²) in [5.41, 5.74) is 2.87. The minimum atomic E-state index is 0. The van der Waals surface area contributed by atoms with Crippen LogP contribution in [-0.2, 0) is 4.74 Å². The molecule has 0 aromatic rings. The van der Waals surface area contributed by atoms with E-state index in [-0.39, 0.29) is 29.7 Å². The maximum Gasteiger partial charge on any atom is 0.0758 e. The van der Waals surface area contributed by atoms with Crippen molar-refractivity contribution in [2.45, 2.75) is 104 Å². The second-order valence-electron chi connectivity index (χ2n) is 6.24. The minimum Gasteiger partial charge on any atom is -0.384 e. The van der Waals surface area contributed by atoms with Crippen molar-refractivity contribution in [2.24, 2.45) is 4.99 Å². The summed E-state index contributed by atoms with van der Waals surface area (Å²) in [6.45, 7) is 14.0. The van der Waals surface area contributed by atoms with Crippen LogP contribution in [0.25, 0.3) is 0 Å². The van der Waals surface area contributed by atoms with E-state index in [1.165, 1.54) is 6.21 Å². The normalized spacial score (nSPS) is 7.56. The highest BCUT2D eigenvalue weighted by Gasteiger charge is 1.84. The van der Waals surface area contributed by atoms with Gasteiger partial charge in [-0.05, 0) is 78.8 Å². The van der Waals surface area contributed by atoms with Gasteiger partial charge in [-0.2, -0.15) is 11.8 Å². The van der Waals surface area contributed by atoms with E-state index in [1.54, 1.807) is 45.9 Å². The first kappa shape index (κ1) is 58.3. The van der Waals surface area contributed by atoms with E-state index in [0.717, 1.165) is 42.9 Å². The number of hydrogen-bond acceptors (Lipinski definition) is 8. The van der Waals surface area contributed by atoms with Gasteiger partial charge in [0.2, 0.25) is 0 Å². The Balaban J connectivity index is -0.0000000325. The number of nitrogens with one attached hydrogen (secondary N) is 5. The Labute approximate surface area is 219 Å². The molecule has 0 aromatic carbocycles. The summed E-state index contributed by atoms with van der Waals surface area (Å²) in [6, 6.07) is 0. The topological polar surface area (TPSA) is 141 Å². The van der Waals surface area contributed by atoms with Crippen molar-refractivity contribution in [3.05, 3.63) is 0 Å². The smallest absolute Gasteiger partial charge is 0.0758 e. The lowest BCUT2D eigenvalue weighted by molar-refractivity contribution is 0.207. The van der Waals surface area contributed by atoms with Gasteiger partial charge >= 0.3 is 0 Å². The molecule has 0 heterocycles. The van der Waals surface area contributed by atoms with Gasteiger partial charge in [0.05, 0.1) is 13.2 Å². The lowest BCUT2D eigenvalue weighted by atomic mass is 10.2. The summed E-state index contributed by atoms with van der Waals surface area (Å²) >= 11 is 1.79. The van der Waals surface area contributed by atoms with Crippen LogP contribution in [0.2, 0.25) is 0 Å². The highest BCUT2D eigenvalue weighted by atomic mass is 32.2. The van der Waals surface area contributed by atoms with Crippen LogP contribution in [-0.4, -0.2) is 67.5 Å². The largest absolute Gasteiger partial charge is 0.384 e. The van der Waals surface area contributed by atoms with Gasteiger partial charge in [0.15, 0.2) is 0 Å². The molecular weight excluding hydrogens is 444 g/mol. The van der Waals surface area contributed by atoms with E-state index in [9.17, 15) is 0 Å². The third kappa shape index (κ3) is 147. The lowest BCUT2D eigenvalue weighted by Gasteiger charge is -1.92. The fourth-order valence-corrected chi connectivity index (χ4v) is 1.62. The maximum absolute atomic E-state index is 6.98. The third-order valence-electron chi connectivity index (χ3n) is 2.50. The Bertz CT molecular complexity index is 435. The minimum absolute atomic E-state index is 0. The van der Waals surface area contributed by atoms with E-state index in [2.05, 4.69) is 18.2 Å². The molecule has 0 unspecified atom stereocenters. The SMILES string of the molecule is C.C.C.C.CC=N.CC=NCC(C)=N.CCCC(C)=N.COCCC(C)=N.CSCCC(C)=N. The molecule has 0 radical (unpaired) electrons. The first-order valence-corrected chi connectivity index (χ1v) is 11.4. The molecule has 0 aliphatic carbocycles. The van der Waals surface area contributed by atoms with E-state index in [4.69, 9.17) is 31.8 Å². The number of aliphatic imine (C=N–C) groups is 1. The van der Waals surface area contributed by atoms with Crippen LogP contribution in [0.3, 0.4) is 0 Å². The highest BCUT2D eigenvalue weighted by molar-refractivity contribution is 7.98. The molecule has 210 valence electrons. The van der Waals surface area contributed by atoms with Gasteiger partial charge in [-0.25, -0.2) is 0 Å². The number of thioether (sulfide) groups is 1. The average Bonchev–Trinajstić information content (AvgIpc) is 2.65. The Morgan fingerprint density at radius 3 is 1.26 bits per heavy atom. The fourth-order valence-electron chi connectivity index (χ4n) is 1.11. The van der Waals surface area contributed by atoms with E-state index >= 15 is 0 Å². The zero-order valence-corrected chi connectivity index (χ0v) is 21.7. The van der Waals surface area contributed by atoms with Gasteiger partial charge < -0.3 is 31.8 Å². The van der Waals surface area contributed by atoms with Crippen LogP contribution in [0.5, 0.6) is 0 Å². The predicted molar refractivity (Wildman–Crippen MR) is 168 cm³/mol. The molecule has 0 fully saturated rings. The summed E-state index contributed by atoms with van der Waals surface area (Å²) in [5, 5.41) is 33.8. The first-order valence-electron chi connectivity index (χ1n) is 10.0. The number of rotatable bonds is 10. The summed E-state index contributed by atoms with van der Waals surface area (Å²) in [4.78, 5) is 3.82. The van der Waals surface area contributed by atoms with Crippen molar-refractivity contribution in [1.29, 1.82) is 27.0 Å². The molecule has 0 bridgehead atoms. The van der Waals surface area contributed by atoms with Crippen LogP contribution in [0.4, 0.5) is 0 Å². The van der Waals surface area contributed by atoms with Crippen molar-refractivity contribution in [1.82, 2.24) is 0 Å². The van der Waals surface area contributed by atoms with Gasteiger partial charge in [0.25, 0.3) is 0 Å². The highest BCUT2D eigenvalue weighted by Crippen LogP contribution is 1.94. The predicted octanol–water partition coefficient (Wildman–Crippen LogP) is 8.98. The molecule has 7 nitrogen and oxygen atoms in total. The zero-order chi connectivity index (χ0) is 24.8. The molecular formula is C26H64N6OS. The van der Waals surface area contributed by atoms with Gasteiger partial charge in [-0.15, -0.1) is 0 Å². The molecule has 0 rings (SSSR count). The maximum atomic E-state index is 6.98. The standard InChI is InChI=1S/C5H10N2.C5H11NO.C5H11NS.C5H11N.C2H5N.4CH4/c1-3-7-4-5(2)6;2*1-5(6)3-4-7-2;1-3-4-5(2)6;1-2-3;;;;/h3,6H,4H2,1-2H3;2*6H,3-4H2,1-2H3;6H,3-4H2,1-2H3;2-3H,1H3;4*1H4. The molecule has 8 heteroatoms. The zero-order valence-electron chi connectivity index (χ0n) is 20.9. The van der Waals surface area contributed by atoms with E-state index < -0.39 is 0 Å². The van der Waals surface area contributed by atoms with Gasteiger partial charge in [-0.1, -0.05) is 43.1 Å².